The number of benzene rings is 2. The first kappa shape index (κ1) is 36.7. The van der Waals surface area contributed by atoms with Gasteiger partial charge < -0.3 is 15.2 Å². The number of rotatable bonds is 16. The van der Waals surface area contributed by atoms with Crippen LogP contribution < -0.4 is 5.32 Å². The largest absolute Gasteiger partial charge is 0.466 e. The van der Waals surface area contributed by atoms with Crippen LogP contribution in [0.4, 0.5) is 13.2 Å². The third-order valence-electron chi connectivity index (χ3n) is 7.45. The highest BCUT2D eigenvalue weighted by Crippen LogP contribution is 2.39. The Balaban J connectivity index is 1.72. The van der Waals surface area contributed by atoms with Crippen molar-refractivity contribution in [3.63, 3.8) is 0 Å². The van der Waals surface area contributed by atoms with E-state index in [9.17, 15) is 31.5 Å². The van der Waals surface area contributed by atoms with Crippen LogP contribution in [0.25, 0.3) is 10.4 Å². The number of hydrogen-bond acceptors (Lipinski definition) is 7. The van der Waals surface area contributed by atoms with Crippen LogP contribution in [0.2, 0.25) is 0 Å². The molecule has 0 amide bonds. The van der Waals surface area contributed by atoms with Gasteiger partial charge >= 0.3 is 12.1 Å². The molecular formula is C33H43F3N2O5S2. The van der Waals surface area contributed by atoms with E-state index in [0.717, 1.165) is 34.5 Å². The molecule has 0 aliphatic rings. The van der Waals surface area contributed by atoms with Gasteiger partial charge in [0.2, 0.25) is 10.0 Å². The van der Waals surface area contributed by atoms with Gasteiger partial charge in [-0.1, -0.05) is 30.3 Å². The van der Waals surface area contributed by atoms with Crippen molar-refractivity contribution in [2.24, 2.45) is 0 Å². The van der Waals surface area contributed by atoms with Gasteiger partial charge in [0.05, 0.1) is 29.6 Å². The fraction of sp³-hybridized carbons (Fsp3) is 0.485. The number of carbonyl (C=O) groups is 1. The lowest BCUT2D eigenvalue weighted by atomic mass is 9.95. The molecule has 1 heterocycles. The number of alkyl halides is 3. The molecule has 1 atom stereocenters. The number of likely N-dealkylation sites (N-methyl/N-ethyl adjacent to an activating group) is 1. The molecule has 0 saturated heterocycles. The van der Waals surface area contributed by atoms with Crippen molar-refractivity contribution in [1.82, 2.24) is 9.62 Å². The van der Waals surface area contributed by atoms with Gasteiger partial charge in [-0.15, -0.1) is 11.3 Å². The molecule has 7 nitrogen and oxygen atoms in total. The summed E-state index contributed by atoms with van der Waals surface area (Å²) in [6.07, 6.45) is -2.74. The molecule has 0 bridgehead atoms. The smallest absolute Gasteiger partial charge is 0.416 e. The minimum Gasteiger partial charge on any atom is -0.466 e. The van der Waals surface area contributed by atoms with Gasteiger partial charge in [0.1, 0.15) is 0 Å². The molecule has 12 heteroatoms. The minimum absolute atomic E-state index is 0.106. The third kappa shape index (κ3) is 10.9. The molecule has 248 valence electrons. The summed E-state index contributed by atoms with van der Waals surface area (Å²) in [4.78, 5) is 12.5. The summed E-state index contributed by atoms with van der Waals surface area (Å²) in [6, 6.07) is 14.7. The lowest BCUT2D eigenvalue weighted by Gasteiger charge is -2.29. The molecule has 0 saturated carbocycles. The first-order valence-corrected chi connectivity index (χ1v) is 17.2. The van der Waals surface area contributed by atoms with Crippen molar-refractivity contribution in [2.75, 3.05) is 26.7 Å². The number of esters is 1. The average molecular weight is 669 g/mol. The number of nitrogens with one attached hydrogen (secondary N) is 1. The van der Waals surface area contributed by atoms with E-state index in [4.69, 9.17) is 4.74 Å². The second-order valence-electron chi connectivity index (χ2n) is 11.8. The van der Waals surface area contributed by atoms with E-state index in [1.54, 1.807) is 19.9 Å². The van der Waals surface area contributed by atoms with E-state index in [1.807, 2.05) is 32.0 Å². The van der Waals surface area contributed by atoms with Crippen LogP contribution in [0, 0.1) is 6.92 Å². The van der Waals surface area contributed by atoms with Crippen LogP contribution in [-0.2, 0) is 38.6 Å². The van der Waals surface area contributed by atoms with Crippen LogP contribution in [0.3, 0.4) is 0 Å². The van der Waals surface area contributed by atoms with E-state index < -0.39 is 32.8 Å². The van der Waals surface area contributed by atoms with E-state index in [2.05, 4.69) is 17.4 Å². The van der Waals surface area contributed by atoms with E-state index in [1.165, 1.54) is 30.0 Å². The Labute approximate surface area is 268 Å². The lowest BCUT2D eigenvalue weighted by molar-refractivity contribution is -0.143. The van der Waals surface area contributed by atoms with E-state index in [-0.39, 0.29) is 43.2 Å². The number of nitrogens with zero attached hydrogens (tertiary/aromatic N) is 1. The Hall–Kier alpha value is -2.77. The van der Waals surface area contributed by atoms with Crippen LogP contribution in [-0.4, -0.2) is 62.2 Å². The Morgan fingerprint density at radius 2 is 1.78 bits per heavy atom. The maximum absolute atomic E-state index is 13.9. The van der Waals surface area contributed by atoms with Crippen molar-refractivity contribution >= 4 is 27.3 Å². The van der Waals surface area contributed by atoms with Gasteiger partial charge in [0.25, 0.3) is 0 Å². The molecule has 3 aromatic rings. The third-order valence-corrected chi connectivity index (χ3v) is 10.6. The molecule has 1 aromatic heterocycles. The quantitative estimate of drug-likeness (QED) is 0.167. The van der Waals surface area contributed by atoms with Gasteiger partial charge in [-0.05, 0) is 94.3 Å². The summed E-state index contributed by atoms with van der Waals surface area (Å²) in [5, 5.41) is 14.0. The molecule has 2 aromatic carbocycles. The lowest BCUT2D eigenvalue weighted by Crippen LogP contribution is -2.46. The SMILES string of the molecule is CCOC(=O)CCc1cc(C)c(-c2cc(C(F)(F)F)cc(S(=O)(=O)N(C)C[C@H](O)CNC(C)(C)CCCc3ccccc3)c2)s1. The summed E-state index contributed by atoms with van der Waals surface area (Å²) in [6.45, 7) is 7.49. The standard InChI is InChI=1S/C33H43F3N2O5S2/c1-6-43-30(40)15-14-28-17-23(2)31(44-28)25-18-26(33(34,35)36)20-29(19-25)45(41,42)38(5)22-27(39)21-37-32(3,4)16-10-13-24-11-8-7-9-12-24/h7-9,11-12,17-20,27,37,39H,6,10,13-16,21-22H2,1-5H3/t27-/m1/s1. The summed E-state index contributed by atoms with van der Waals surface area (Å²) in [5.74, 6) is -0.371. The number of ether oxygens (including phenoxy) is 1. The number of thiophene rings is 1. The zero-order valence-corrected chi connectivity index (χ0v) is 28.0. The number of hydrogen-bond donors (Lipinski definition) is 2. The molecule has 0 aliphatic heterocycles. The molecule has 2 N–H and O–H groups in total. The van der Waals surface area contributed by atoms with Crippen LogP contribution in [0.1, 0.15) is 61.6 Å². The number of carbonyl (C=O) groups excluding carboxylic acids is 1. The Morgan fingerprint density at radius 1 is 1.09 bits per heavy atom. The monoisotopic (exact) mass is 668 g/mol. The van der Waals surface area contributed by atoms with Crippen LogP contribution in [0.5, 0.6) is 0 Å². The zero-order chi connectivity index (χ0) is 33.4. The number of aliphatic hydroxyl groups is 1. The molecular weight excluding hydrogens is 626 g/mol. The normalized spacial score (nSPS) is 13.3. The molecule has 45 heavy (non-hydrogen) atoms. The number of aliphatic hydroxyl groups excluding tert-OH is 1. The van der Waals surface area contributed by atoms with E-state index in [0.29, 0.717) is 22.9 Å². The maximum atomic E-state index is 13.9. The minimum atomic E-state index is -4.79. The second kappa shape index (κ2) is 15.7. The molecule has 3 rings (SSSR count). The zero-order valence-electron chi connectivity index (χ0n) is 26.4. The topological polar surface area (TPSA) is 95.9 Å². The van der Waals surface area contributed by atoms with Crippen LogP contribution >= 0.6 is 11.3 Å². The van der Waals surface area contributed by atoms with Crippen molar-refractivity contribution in [1.29, 1.82) is 0 Å². The summed E-state index contributed by atoms with van der Waals surface area (Å²) < 4.78 is 74.7. The maximum Gasteiger partial charge on any atom is 0.416 e. The van der Waals surface area contributed by atoms with Gasteiger partial charge in [0.15, 0.2) is 0 Å². The summed E-state index contributed by atoms with van der Waals surface area (Å²) >= 11 is 1.21. The Kier molecular flexibility index (Phi) is 12.8. The van der Waals surface area contributed by atoms with Crippen molar-refractivity contribution in [2.45, 2.75) is 82.5 Å². The number of β-amino-alcohol motifs (C(OH)–C–C–N with tert-alkyl or cyclic N) is 1. The summed E-state index contributed by atoms with van der Waals surface area (Å²) in [7, 11) is -3.15. The summed E-state index contributed by atoms with van der Waals surface area (Å²) in [5.41, 5.74) is 0.606. The Morgan fingerprint density at radius 3 is 2.42 bits per heavy atom. The van der Waals surface area contributed by atoms with Crippen molar-refractivity contribution in [3.05, 3.63) is 76.2 Å². The predicted octanol–water partition coefficient (Wildman–Crippen LogP) is 6.61. The first-order chi connectivity index (χ1) is 21.0. The molecule has 0 spiro atoms. The number of aryl methyl sites for hydroxylation is 3. The van der Waals surface area contributed by atoms with Crippen molar-refractivity contribution in [3.8, 4) is 10.4 Å². The second-order valence-corrected chi connectivity index (χ2v) is 15.0. The predicted molar refractivity (Wildman–Crippen MR) is 172 cm³/mol. The number of halogens is 3. The van der Waals surface area contributed by atoms with Gasteiger partial charge in [-0.25, -0.2) is 8.42 Å². The van der Waals surface area contributed by atoms with Gasteiger partial charge in [-0.3, -0.25) is 4.79 Å². The first-order valence-electron chi connectivity index (χ1n) is 14.9. The van der Waals surface area contributed by atoms with Gasteiger partial charge in [-0.2, -0.15) is 17.5 Å². The molecule has 0 radical (unpaired) electrons. The molecule has 0 unspecified atom stereocenters. The van der Waals surface area contributed by atoms with Crippen molar-refractivity contribution < 1.29 is 36.2 Å². The molecule has 0 fully saturated rings. The average Bonchev–Trinajstić information content (AvgIpc) is 3.35. The van der Waals surface area contributed by atoms with Gasteiger partial charge in [0, 0.05) is 35.4 Å². The highest BCUT2D eigenvalue weighted by Gasteiger charge is 2.34. The molecule has 0 aliphatic carbocycles. The fourth-order valence-corrected chi connectivity index (χ4v) is 7.40. The fourth-order valence-electron chi connectivity index (χ4n) is 4.96. The van der Waals surface area contributed by atoms with E-state index >= 15 is 0 Å². The highest BCUT2D eigenvalue weighted by atomic mass is 32.2. The highest BCUT2D eigenvalue weighted by molar-refractivity contribution is 7.89. The van der Waals surface area contributed by atoms with Crippen LogP contribution in [0.15, 0.2) is 59.5 Å². The Bertz CT molecular complexity index is 1520. The number of sulfonamides is 1.